The van der Waals surface area contributed by atoms with Gasteiger partial charge in [0.15, 0.2) is 17.3 Å². The van der Waals surface area contributed by atoms with E-state index in [4.69, 9.17) is 19.9 Å². The van der Waals surface area contributed by atoms with Crippen molar-refractivity contribution in [1.82, 2.24) is 9.55 Å². The van der Waals surface area contributed by atoms with Crippen molar-refractivity contribution in [2.24, 2.45) is 0 Å². The van der Waals surface area contributed by atoms with E-state index >= 15 is 0 Å². The van der Waals surface area contributed by atoms with Crippen molar-refractivity contribution >= 4 is 11.6 Å². The first-order chi connectivity index (χ1) is 12.6. The van der Waals surface area contributed by atoms with Crippen LogP contribution < -0.4 is 19.9 Å². The molecule has 0 spiro atoms. The molecule has 2 aromatic carbocycles. The topological polar surface area (TPSA) is 88.6 Å². The summed E-state index contributed by atoms with van der Waals surface area (Å²) in [6.07, 6.45) is 1.52. The fourth-order valence-corrected chi connectivity index (χ4v) is 2.72. The van der Waals surface area contributed by atoms with Crippen LogP contribution in [0.4, 0.5) is 5.82 Å². The van der Waals surface area contributed by atoms with Crippen molar-refractivity contribution in [2.75, 3.05) is 27.1 Å². The highest BCUT2D eigenvalue weighted by molar-refractivity contribution is 6.11. The molecule has 1 heterocycles. The minimum absolute atomic E-state index is 0.146. The Hall–Kier alpha value is -3.48. The molecule has 0 atom stereocenters. The van der Waals surface area contributed by atoms with Gasteiger partial charge in [0, 0.05) is 11.3 Å². The van der Waals surface area contributed by atoms with Crippen LogP contribution in [0.25, 0.3) is 5.69 Å². The van der Waals surface area contributed by atoms with Gasteiger partial charge >= 0.3 is 0 Å². The number of nitrogens with zero attached hydrogens (tertiary/aromatic N) is 2. The number of hydrogen-bond acceptors (Lipinski definition) is 6. The van der Waals surface area contributed by atoms with E-state index in [2.05, 4.69) is 4.98 Å². The number of rotatable bonds is 6. The summed E-state index contributed by atoms with van der Waals surface area (Å²) in [6, 6.07) is 12.6. The van der Waals surface area contributed by atoms with Crippen molar-refractivity contribution in [3.05, 3.63) is 60.0 Å². The third-order valence-corrected chi connectivity index (χ3v) is 3.97. The van der Waals surface area contributed by atoms with E-state index in [1.54, 1.807) is 16.7 Å². The van der Waals surface area contributed by atoms with Crippen molar-refractivity contribution < 1.29 is 19.0 Å². The molecule has 0 radical (unpaired) electrons. The Labute approximate surface area is 150 Å². The Morgan fingerprint density at radius 1 is 1.00 bits per heavy atom. The molecule has 134 valence electrons. The molecule has 0 saturated heterocycles. The number of nitrogen functional groups attached to an aromatic ring is 1. The molecule has 1 aromatic heterocycles. The van der Waals surface area contributed by atoms with Gasteiger partial charge in [0.05, 0.1) is 21.3 Å². The maximum Gasteiger partial charge on any atom is 0.213 e. The van der Waals surface area contributed by atoms with Crippen LogP contribution in [-0.2, 0) is 0 Å². The normalized spacial score (nSPS) is 10.4. The summed E-state index contributed by atoms with van der Waals surface area (Å²) in [6.45, 7) is 0. The Balaban J connectivity index is 2.13. The highest BCUT2D eigenvalue weighted by atomic mass is 16.5. The molecule has 26 heavy (non-hydrogen) atoms. The molecule has 0 amide bonds. The average molecular weight is 353 g/mol. The number of ketones is 1. The molecule has 3 rings (SSSR count). The van der Waals surface area contributed by atoms with Crippen LogP contribution in [0.2, 0.25) is 0 Å². The molecule has 0 aliphatic rings. The molecule has 0 fully saturated rings. The van der Waals surface area contributed by atoms with E-state index < -0.39 is 0 Å². The zero-order chi connectivity index (χ0) is 18.7. The average Bonchev–Trinajstić information content (AvgIpc) is 3.08. The SMILES string of the molecule is COc1cc(C(=O)c2c(N)ncn2-c2ccccc2)cc(OC)c1OC. The first kappa shape index (κ1) is 17.3. The number of methoxy groups -OCH3 is 3. The van der Waals surface area contributed by atoms with E-state index in [-0.39, 0.29) is 17.3 Å². The number of para-hydroxylation sites is 1. The second-order valence-corrected chi connectivity index (χ2v) is 5.43. The number of hydrogen-bond donors (Lipinski definition) is 1. The van der Waals surface area contributed by atoms with E-state index in [0.29, 0.717) is 22.8 Å². The van der Waals surface area contributed by atoms with Crippen molar-refractivity contribution in [3.8, 4) is 22.9 Å². The molecular formula is C19H19N3O4. The summed E-state index contributed by atoms with van der Waals surface area (Å²) in [4.78, 5) is 17.3. The first-order valence-electron chi connectivity index (χ1n) is 7.83. The molecule has 2 N–H and O–H groups in total. The third kappa shape index (κ3) is 2.95. The largest absolute Gasteiger partial charge is 0.493 e. The summed E-state index contributed by atoms with van der Waals surface area (Å²) >= 11 is 0. The van der Waals surface area contributed by atoms with Gasteiger partial charge < -0.3 is 19.9 Å². The fraction of sp³-hybridized carbons (Fsp3) is 0.158. The molecule has 0 aliphatic carbocycles. The van der Waals surface area contributed by atoms with Gasteiger partial charge in [-0.2, -0.15) is 0 Å². The van der Waals surface area contributed by atoms with E-state index in [9.17, 15) is 4.79 Å². The van der Waals surface area contributed by atoms with Gasteiger partial charge in [0.1, 0.15) is 12.0 Å². The summed E-state index contributed by atoms with van der Waals surface area (Å²) in [5.41, 5.74) is 7.38. The van der Waals surface area contributed by atoms with Crippen LogP contribution >= 0.6 is 0 Å². The molecule has 0 unspecified atom stereocenters. The monoisotopic (exact) mass is 353 g/mol. The van der Waals surface area contributed by atoms with E-state index in [1.807, 2.05) is 30.3 Å². The Kier molecular flexibility index (Phi) is 4.79. The number of carbonyl (C=O) groups is 1. The van der Waals surface area contributed by atoms with Gasteiger partial charge in [-0.3, -0.25) is 9.36 Å². The minimum Gasteiger partial charge on any atom is -0.493 e. The molecule has 7 nitrogen and oxygen atoms in total. The van der Waals surface area contributed by atoms with E-state index in [0.717, 1.165) is 5.69 Å². The van der Waals surface area contributed by atoms with Crippen LogP contribution in [0.5, 0.6) is 17.2 Å². The lowest BCUT2D eigenvalue weighted by atomic mass is 10.1. The second-order valence-electron chi connectivity index (χ2n) is 5.43. The smallest absolute Gasteiger partial charge is 0.213 e. The summed E-state index contributed by atoms with van der Waals surface area (Å²) in [5.74, 6) is 1.03. The van der Waals surface area contributed by atoms with Gasteiger partial charge in [-0.25, -0.2) is 4.98 Å². The number of benzene rings is 2. The molecule has 0 bridgehead atoms. The standard InChI is InChI=1S/C19H19N3O4/c1-24-14-9-12(10-15(25-2)18(14)26-3)17(23)16-19(20)21-11-22(16)13-7-5-4-6-8-13/h4-11H,20H2,1-3H3. The third-order valence-electron chi connectivity index (χ3n) is 3.97. The second kappa shape index (κ2) is 7.18. The maximum absolute atomic E-state index is 13.2. The number of carbonyl (C=O) groups excluding carboxylic acids is 1. The number of aromatic nitrogens is 2. The zero-order valence-electron chi connectivity index (χ0n) is 14.7. The lowest BCUT2D eigenvalue weighted by molar-refractivity contribution is 0.103. The van der Waals surface area contributed by atoms with Gasteiger partial charge in [0.2, 0.25) is 11.5 Å². The number of imidazole rings is 1. The molecular weight excluding hydrogens is 334 g/mol. The van der Waals surface area contributed by atoms with Crippen LogP contribution in [0.3, 0.4) is 0 Å². The van der Waals surface area contributed by atoms with Crippen molar-refractivity contribution in [2.45, 2.75) is 0 Å². The first-order valence-corrected chi connectivity index (χ1v) is 7.83. The summed E-state index contributed by atoms with van der Waals surface area (Å²) < 4.78 is 17.6. The number of ether oxygens (including phenoxy) is 3. The van der Waals surface area contributed by atoms with Crippen molar-refractivity contribution in [3.63, 3.8) is 0 Å². The Bertz CT molecular complexity index is 910. The van der Waals surface area contributed by atoms with Crippen molar-refractivity contribution in [1.29, 1.82) is 0 Å². The van der Waals surface area contributed by atoms with Gasteiger partial charge in [0.25, 0.3) is 0 Å². The Morgan fingerprint density at radius 2 is 1.62 bits per heavy atom. The number of anilines is 1. The predicted octanol–water partition coefficient (Wildman–Crippen LogP) is 2.71. The van der Waals surface area contributed by atoms with Gasteiger partial charge in [-0.15, -0.1) is 0 Å². The van der Waals surface area contributed by atoms with Gasteiger partial charge in [-0.1, -0.05) is 18.2 Å². The molecule has 0 aliphatic heterocycles. The lowest BCUT2D eigenvalue weighted by Gasteiger charge is -2.14. The highest BCUT2D eigenvalue weighted by Crippen LogP contribution is 2.39. The van der Waals surface area contributed by atoms with Crippen LogP contribution in [0.15, 0.2) is 48.8 Å². The lowest BCUT2D eigenvalue weighted by Crippen LogP contribution is -2.11. The van der Waals surface area contributed by atoms with Gasteiger partial charge in [-0.05, 0) is 24.3 Å². The molecule has 3 aromatic rings. The highest BCUT2D eigenvalue weighted by Gasteiger charge is 2.23. The fourth-order valence-electron chi connectivity index (χ4n) is 2.72. The zero-order valence-corrected chi connectivity index (χ0v) is 14.7. The summed E-state index contributed by atoms with van der Waals surface area (Å²) in [7, 11) is 4.49. The Morgan fingerprint density at radius 3 is 2.15 bits per heavy atom. The minimum atomic E-state index is -0.303. The number of nitrogens with two attached hydrogens (primary N) is 1. The van der Waals surface area contributed by atoms with Crippen LogP contribution in [0, 0.1) is 0 Å². The quantitative estimate of drug-likeness (QED) is 0.686. The van der Waals surface area contributed by atoms with Crippen LogP contribution in [-0.4, -0.2) is 36.7 Å². The van der Waals surface area contributed by atoms with Crippen LogP contribution in [0.1, 0.15) is 16.1 Å². The molecule has 0 saturated carbocycles. The maximum atomic E-state index is 13.2. The molecule has 7 heteroatoms. The predicted molar refractivity (Wildman–Crippen MR) is 97.5 cm³/mol. The summed E-state index contributed by atoms with van der Waals surface area (Å²) in [5, 5.41) is 0. The van der Waals surface area contributed by atoms with E-state index in [1.165, 1.54) is 27.7 Å².